The Morgan fingerprint density at radius 2 is 1.48 bits per heavy atom. The van der Waals surface area contributed by atoms with Crippen molar-refractivity contribution in [3.8, 4) is 0 Å². The summed E-state index contributed by atoms with van der Waals surface area (Å²) < 4.78 is 0. The molecule has 280 valence electrons. The number of aliphatic hydroxyl groups is 2. The Balaban J connectivity index is 2.13. The molecule has 0 radical (unpaired) electrons. The van der Waals surface area contributed by atoms with Gasteiger partial charge in [0, 0.05) is 18.7 Å². The smallest absolute Gasteiger partial charge is 0.245 e. The molecule has 0 unspecified atom stereocenters. The number of carbonyl (C=O) groups is 6. The van der Waals surface area contributed by atoms with Crippen molar-refractivity contribution in [1.29, 1.82) is 0 Å². The Kier molecular flexibility index (Phi) is 18.8. The average Bonchev–Trinajstić information content (AvgIpc) is 3.07. The van der Waals surface area contributed by atoms with Gasteiger partial charge in [-0.1, -0.05) is 50.6 Å². The zero-order valence-electron chi connectivity index (χ0n) is 29.4. The first-order valence-electron chi connectivity index (χ1n) is 17.2. The molecule has 0 saturated carbocycles. The molecule has 0 spiro atoms. The minimum Gasteiger partial charge on any atom is -0.391 e. The fourth-order valence-electron chi connectivity index (χ4n) is 5.19. The highest BCUT2D eigenvalue weighted by Gasteiger charge is 2.36. The first-order chi connectivity index (χ1) is 23.7. The molecule has 2 rings (SSSR count). The molecule has 1 aliphatic rings. The first kappa shape index (κ1) is 42.4. The maximum absolute atomic E-state index is 13.5. The zero-order valence-corrected chi connectivity index (χ0v) is 30.2. The van der Waals surface area contributed by atoms with Gasteiger partial charge in [-0.2, -0.15) is 11.8 Å². The van der Waals surface area contributed by atoms with Crippen LogP contribution < -0.4 is 37.6 Å². The van der Waals surface area contributed by atoms with Gasteiger partial charge in [-0.25, -0.2) is 0 Å². The molecule has 15 nitrogen and oxygen atoms in total. The quantitative estimate of drug-likeness (QED) is 0.105. The molecule has 0 aliphatic carbocycles. The van der Waals surface area contributed by atoms with E-state index in [-0.39, 0.29) is 37.6 Å². The summed E-state index contributed by atoms with van der Waals surface area (Å²) in [4.78, 5) is 78.8. The van der Waals surface area contributed by atoms with Crippen LogP contribution in [0.1, 0.15) is 65.4 Å². The summed E-state index contributed by atoms with van der Waals surface area (Å²) >= 11 is 1.43. The molecule has 7 atom stereocenters. The van der Waals surface area contributed by atoms with Gasteiger partial charge in [0.25, 0.3) is 0 Å². The molecule has 1 fully saturated rings. The van der Waals surface area contributed by atoms with Crippen LogP contribution in [0.25, 0.3) is 0 Å². The van der Waals surface area contributed by atoms with Gasteiger partial charge in [0.1, 0.15) is 30.2 Å². The fourth-order valence-corrected chi connectivity index (χ4v) is 6.24. The molecule has 0 bridgehead atoms. The topological polar surface area (TPSA) is 241 Å². The number of hydrogen-bond acceptors (Lipinski definition) is 10. The van der Waals surface area contributed by atoms with Crippen molar-refractivity contribution in [3.63, 3.8) is 0 Å². The van der Waals surface area contributed by atoms with Gasteiger partial charge in [-0.05, 0) is 63.3 Å². The maximum Gasteiger partial charge on any atom is 0.245 e. The van der Waals surface area contributed by atoms with Crippen molar-refractivity contribution >= 4 is 47.2 Å². The van der Waals surface area contributed by atoms with Gasteiger partial charge in [-0.3, -0.25) is 28.8 Å². The van der Waals surface area contributed by atoms with Gasteiger partial charge in [0.15, 0.2) is 0 Å². The molecule has 1 heterocycles. The number of thioether (sulfide) groups is 1. The Morgan fingerprint density at radius 3 is 2.10 bits per heavy atom. The molecular weight excluding hydrogens is 666 g/mol. The number of hydrogen-bond donors (Lipinski definition) is 9. The SMILES string of the molecule is CC(C)[C@H](NC(=O)[C@@H](NC(=O)[C@@H]1CSCCCCCC(=O)N[C@@H](CCN)C(=O)N1)[C@@H](C)O)C(=O)N[C@H](C(=O)NCCc1ccccc1)[C@@H](C)O. The van der Waals surface area contributed by atoms with Crippen molar-refractivity contribution in [2.45, 2.75) is 109 Å². The number of nitrogens with two attached hydrogens (primary N) is 1. The fraction of sp³-hybridized carbons (Fsp3) is 0.647. The second-order valence-electron chi connectivity index (χ2n) is 12.9. The number of aliphatic hydroxyl groups excluding tert-OH is 2. The van der Waals surface area contributed by atoms with Gasteiger partial charge >= 0.3 is 0 Å². The van der Waals surface area contributed by atoms with Crippen LogP contribution in [0.4, 0.5) is 0 Å². The van der Waals surface area contributed by atoms with Crippen LogP contribution in [-0.2, 0) is 35.2 Å². The third kappa shape index (κ3) is 14.6. The summed E-state index contributed by atoms with van der Waals surface area (Å²) in [6.07, 6.45) is 0.560. The van der Waals surface area contributed by atoms with Gasteiger partial charge in [-0.15, -0.1) is 0 Å². The monoisotopic (exact) mass is 721 g/mol. The van der Waals surface area contributed by atoms with E-state index >= 15 is 0 Å². The highest BCUT2D eigenvalue weighted by atomic mass is 32.2. The second-order valence-corrected chi connectivity index (χ2v) is 14.0. The lowest BCUT2D eigenvalue weighted by molar-refractivity contribution is -0.137. The second kappa shape index (κ2) is 22.2. The van der Waals surface area contributed by atoms with Crippen LogP contribution in [0.15, 0.2) is 30.3 Å². The van der Waals surface area contributed by atoms with E-state index in [2.05, 4.69) is 31.9 Å². The molecule has 6 amide bonds. The van der Waals surface area contributed by atoms with E-state index in [9.17, 15) is 39.0 Å². The van der Waals surface area contributed by atoms with E-state index in [1.54, 1.807) is 13.8 Å². The molecular formula is C34H55N7O8S. The third-order valence-corrected chi connectivity index (χ3v) is 9.29. The molecule has 1 aromatic rings. The standard InChI is InChI=1S/C34H55N7O8S/c1-20(2)27(33(48)41-28(21(3)42)32(47)36-17-15-23-11-7-5-8-12-23)39-34(49)29(22(4)43)40-31(46)25-19-50-18-10-6-9-13-26(44)37-24(14-16-35)30(45)38-25/h5,7-8,11-12,20-22,24-25,27-29,42-43H,6,9-10,13-19,35H2,1-4H3,(H,36,47)(H,37,44)(H,38,45)(H,39,49)(H,40,46)(H,41,48)/t21-,22-,24+,25+,27+,28+,29+/m1/s1. The lowest BCUT2D eigenvalue weighted by Crippen LogP contribution is -2.63. The van der Waals surface area contributed by atoms with Gasteiger partial charge < -0.3 is 47.8 Å². The highest BCUT2D eigenvalue weighted by molar-refractivity contribution is 7.99. The van der Waals surface area contributed by atoms with Gasteiger partial charge in [0.2, 0.25) is 35.4 Å². The molecule has 1 aliphatic heterocycles. The summed E-state index contributed by atoms with van der Waals surface area (Å²) in [5.74, 6) is -3.52. The van der Waals surface area contributed by atoms with E-state index in [0.717, 1.165) is 18.4 Å². The molecule has 1 saturated heterocycles. The zero-order chi connectivity index (χ0) is 37.2. The summed E-state index contributed by atoms with van der Waals surface area (Å²) in [7, 11) is 0. The van der Waals surface area contributed by atoms with Crippen molar-refractivity contribution in [2.24, 2.45) is 11.7 Å². The highest BCUT2D eigenvalue weighted by Crippen LogP contribution is 2.12. The van der Waals surface area contributed by atoms with Crippen LogP contribution in [0.2, 0.25) is 0 Å². The molecule has 50 heavy (non-hydrogen) atoms. The lowest BCUT2D eigenvalue weighted by Gasteiger charge is -2.29. The number of nitrogens with one attached hydrogen (secondary N) is 6. The first-order valence-corrected chi connectivity index (χ1v) is 18.4. The summed E-state index contributed by atoms with van der Waals surface area (Å²) in [6.45, 7) is 6.36. The Hall–Kier alpha value is -3.73. The minimum atomic E-state index is -1.52. The van der Waals surface area contributed by atoms with E-state index in [1.165, 1.54) is 25.6 Å². The van der Waals surface area contributed by atoms with Crippen LogP contribution >= 0.6 is 11.8 Å². The largest absolute Gasteiger partial charge is 0.391 e. The number of benzene rings is 1. The minimum absolute atomic E-state index is 0.121. The van der Waals surface area contributed by atoms with E-state index < -0.39 is 77.9 Å². The number of carbonyl (C=O) groups excluding carboxylic acids is 6. The lowest BCUT2D eigenvalue weighted by atomic mass is 10.0. The molecule has 10 N–H and O–H groups in total. The Bertz CT molecular complexity index is 1270. The van der Waals surface area contributed by atoms with Crippen LogP contribution in [-0.4, -0.2) is 113 Å². The van der Waals surface area contributed by atoms with E-state index in [1.807, 2.05) is 30.3 Å². The van der Waals surface area contributed by atoms with Crippen LogP contribution in [0.5, 0.6) is 0 Å². The van der Waals surface area contributed by atoms with Crippen LogP contribution in [0, 0.1) is 5.92 Å². The Morgan fingerprint density at radius 1 is 0.860 bits per heavy atom. The van der Waals surface area contributed by atoms with Crippen LogP contribution in [0.3, 0.4) is 0 Å². The maximum atomic E-state index is 13.5. The van der Waals surface area contributed by atoms with Crippen molar-refractivity contribution in [1.82, 2.24) is 31.9 Å². The van der Waals surface area contributed by atoms with Crippen molar-refractivity contribution < 1.29 is 39.0 Å². The predicted octanol–water partition coefficient (Wildman–Crippen LogP) is -1.16. The van der Waals surface area contributed by atoms with Crippen molar-refractivity contribution in [3.05, 3.63) is 35.9 Å². The normalized spacial score (nSPS) is 20.6. The number of rotatable bonds is 15. The molecule has 0 aromatic heterocycles. The predicted molar refractivity (Wildman–Crippen MR) is 190 cm³/mol. The summed E-state index contributed by atoms with van der Waals surface area (Å²) in [5, 5.41) is 36.5. The Labute approximate surface area is 298 Å². The number of amides is 6. The van der Waals surface area contributed by atoms with E-state index in [4.69, 9.17) is 5.73 Å². The van der Waals surface area contributed by atoms with Crippen molar-refractivity contribution in [2.75, 3.05) is 24.6 Å². The average molecular weight is 722 g/mol. The summed E-state index contributed by atoms with van der Waals surface area (Å²) in [6, 6.07) is 3.36. The third-order valence-electron chi connectivity index (χ3n) is 8.14. The molecule has 1 aromatic carbocycles. The van der Waals surface area contributed by atoms with E-state index in [0.29, 0.717) is 18.6 Å². The van der Waals surface area contributed by atoms with Gasteiger partial charge in [0.05, 0.1) is 12.2 Å². The molecule has 16 heteroatoms. The summed E-state index contributed by atoms with van der Waals surface area (Å²) in [5.41, 5.74) is 6.66.